The molecule has 1 saturated carbocycles. The summed E-state index contributed by atoms with van der Waals surface area (Å²) < 4.78 is 18.5. The number of amides is 2. The van der Waals surface area contributed by atoms with Gasteiger partial charge in [0.25, 0.3) is 0 Å². The van der Waals surface area contributed by atoms with Crippen molar-refractivity contribution in [3.63, 3.8) is 0 Å². The number of nitrogens with zero attached hydrogens (tertiary/aromatic N) is 3. The van der Waals surface area contributed by atoms with Crippen LogP contribution in [0.15, 0.2) is 28.8 Å². The van der Waals surface area contributed by atoms with Gasteiger partial charge < -0.3 is 14.7 Å². The molecule has 1 aromatic heterocycles. The third-order valence-corrected chi connectivity index (χ3v) is 5.58. The summed E-state index contributed by atoms with van der Waals surface area (Å²) in [6, 6.07) is 6.35. The maximum Gasteiger partial charge on any atom is 0.317 e. The van der Waals surface area contributed by atoms with Gasteiger partial charge in [-0.3, -0.25) is 0 Å². The van der Waals surface area contributed by atoms with Crippen LogP contribution in [0, 0.1) is 5.82 Å². The van der Waals surface area contributed by atoms with E-state index in [0.29, 0.717) is 31.3 Å². The van der Waals surface area contributed by atoms with Crippen molar-refractivity contribution in [1.29, 1.82) is 0 Å². The lowest BCUT2D eigenvalue weighted by Gasteiger charge is -2.36. The first-order valence-corrected chi connectivity index (χ1v) is 9.83. The van der Waals surface area contributed by atoms with Gasteiger partial charge in [0.2, 0.25) is 5.89 Å². The van der Waals surface area contributed by atoms with Crippen molar-refractivity contribution >= 4 is 6.03 Å². The molecule has 1 aliphatic carbocycles. The number of hydrogen-bond acceptors (Lipinski definition) is 4. The number of hydrogen-bond donors (Lipinski definition) is 1. The van der Waals surface area contributed by atoms with Gasteiger partial charge in [-0.1, -0.05) is 23.7 Å². The molecule has 6 nitrogen and oxygen atoms in total. The summed E-state index contributed by atoms with van der Waals surface area (Å²) >= 11 is 0. The summed E-state index contributed by atoms with van der Waals surface area (Å²) in [6.45, 7) is 1.18. The summed E-state index contributed by atoms with van der Waals surface area (Å²) in [5.41, 5.74) is 0.981. The fraction of sp³-hybridized carbons (Fsp3) is 0.550. The summed E-state index contributed by atoms with van der Waals surface area (Å²) in [7, 11) is 0. The van der Waals surface area contributed by atoms with E-state index in [9.17, 15) is 9.18 Å². The van der Waals surface area contributed by atoms with Crippen LogP contribution in [0.3, 0.4) is 0 Å². The Morgan fingerprint density at radius 1 is 1.19 bits per heavy atom. The summed E-state index contributed by atoms with van der Waals surface area (Å²) in [5.74, 6) is 1.54. The molecule has 27 heavy (non-hydrogen) atoms. The van der Waals surface area contributed by atoms with Crippen LogP contribution < -0.4 is 5.32 Å². The molecule has 0 bridgehead atoms. The lowest BCUT2D eigenvalue weighted by molar-refractivity contribution is 0.151. The highest BCUT2D eigenvalue weighted by Crippen LogP contribution is 2.35. The number of likely N-dealkylation sites (tertiary alicyclic amines) is 1. The number of aromatic nitrogens is 2. The Morgan fingerprint density at radius 2 is 2.00 bits per heavy atom. The van der Waals surface area contributed by atoms with Gasteiger partial charge in [0.05, 0.1) is 6.04 Å². The number of benzene rings is 1. The first-order chi connectivity index (χ1) is 13.2. The Labute approximate surface area is 158 Å². The second-order valence-electron chi connectivity index (χ2n) is 7.42. The maximum atomic E-state index is 13.2. The molecule has 0 radical (unpaired) electrons. The van der Waals surface area contributed by atoms with E-state index in [-0.39, 0.29) is 17.9 Å². The largest absolute Gasteiger partial charge is 0.339 e. The second kappa shape index (κ2) is 8.06. The number of carbonyl (C=O) groups is 1. The minimum Gasteiger partial charge on any atom is -0.339 e. The average molecular weight is 372 g/mol. The van der Waals surface area contributed by atoms with Crippen LogP contribution in [0.4, 0.5) is 9.18 Å². The van der Waals surface area contributed by atoms with Crippen LogP contribution in [0.1, 0.15) is 67.8 Å². The third kappa shape index (κ3) is 4.12. The summed E-state index contributed by atoms with van der Waals surface area (Å²) in [5, 5.41) is 6.98. The Kier molecular flexibility index (Phi) is 5.36. The van der Waals surface area contributed by atoms with Crippen LogP contribution in [0.25, 0.3) is 0 Å². The van der Waals surface area contributed by atoms with Gasteiger partial charge >= 0.3 is 6.03 Å². The number of urea groups is 1. The van der Waals surface area contributed by atoms with Gasteiger partial charge in [-0.25, -0.2) is 9.18 Å². The number of rotatable bonds is 5. The molecule has 2 heterocycles. The van der Waals surface area contributed by atoms with Gasteiger partial charge in [0.15, 0.2) is 5.82 Å². The molecular weight excluding hydrogens is 347 g/mol. The van der Waals surface area contributed by atoms with Gasteiger partial charge in [0.1, 0.15) is 5.82 Å². The summed E-state index contributed by atoms with van der Waals surface area (Å²) in [4.78, 5) is 19.0. The number of carbonyl (C=O) groups excluding carboxylic acids is 1. The van der Waals surface area contributed by atoms with Gasteiger partial charge in [-0.15, -0.1) is 0 Å². The third-order valence-electron chi connectivity index (χ3n) is 5.58. The zero-order chi connectivity index (χ0) is 18.6. The Morgan fingerprint density at radius 3 is 2.74 bits per heavy atom. The monoisotopic (exact) mass is 372 g/mol. The minimum absolute atomic E-state index is 0.00487. The second-order valence-corrected chi connectivity index (χ2v) is 7.42. The lowest BCUT2D eigenvalue weighted by Crippen LogP contribution is -2.45. The average Bonchev–Trinajstić information content (AvgIpc) is 3.09. The molecule has 1 atom stereocenters. The lowest BCUT2D eigenvalue weighted by atomic mass is 9.85. The Bertz CT molecular complexity index is 773. The van der Waals surface area contributed by atoms with Crippen molar-refractivity contribution in [3.05, 3.63) is 47.4 Å². The molecule has 2 amide bonds. The molecule has 2 fully saturated rings. The first-order valence-electron chi connectivity index (χ1n) is 9.83. The van der Waals surface area contributed by atoms with E-state index < -0.39 is 0 Å². The molecule has 1 aromatic carbocycles. The number of piperidine rings is 1. The topological polar surface area (TPSA) is 71.3 Å². The SMILES string of the molecule is O=C(NCCc1noc(C2CCC2)n1)N1CCCCC1c1ccc(F)cc1. The Balaban J connectivity index is 1.32. The van der Waals surface area contributed by atoms with Crippen LogP contribution in [0.5, 0.6) is 0 Å². The summed E-state index contributed by atoms with van der Waals surface area (Å²) in [6.07, 6.45) is 6.98. The van der Waals surface area contributed by atoms with Crippen molar-refractivity contribution in [2.24, 2.45) is 0 Å². The van der Waals surface area contributed by atoms with E-state index in [4.69, 9.17) is 4.52 Å². The van der Waals surface area contributed by atoms with E-state index in [1.165, 1.54) is 18.6 Å². The fourth-order valence-electron chi connectivity index (χ4n) is 3.78. The van der Waals surface area contributed by atoms with E-state index in [2.05, 4.69) is 15.5 Å². The van der Waals surface area contributed by atoms with E-state index in [1.807, 2.05) is 4.90 Å². The van der Waals surface area contributed by atoms with Crippen molar-refractivity contribution in [2.75, 3.05) is 13.1 Å². The highest BCUT2D eigenvalue weighted by Gasteiger charge is 2.28. The molecule has 2 aromatic rings. The zero-order valence-electron chi connectivity index (χ0n) is 15.4. The van der Waals surface area contributed by atoms with Crippen molar-refractivity contribution in [1.82, 2.24) is 20.4 Å². The van der Waals surface area contributed by atoms with Gasteiger partial charge in [-0.2, -0.15) is 4.98 Å². The highest BCUT2D eigenvalue weighted by molar-refractivity contribution is 5.74. The normalized spacial score (nSPS) is 20.3. The van der Waals surface area contributed by atoms with Crippen LogP contribution >= 0.6 is 0 Å². The van der Waals surface area contributed by atoms with Crippen molar-refractivity contribution < 1.29 is 13.7 Å². The standard InChI is InChI=1S/C20H25FN4O2/c21-16-9-7-14(8-10-16)17-6-1-2-13-25(17)20(26)22-12-11-18-23-19(27-24-18)15-4-3-5-15/h7-10,15,17H,1-6,11-13H2,(H,22,26). The molecule has 1 aliphatic heterocycles. The van der Waals surface area contributed by atoms with E-state index in [1.54, 1.807) is 12.1 Å². The van der Waals surface area contributed by atoms with Crippen LogP contribution in [0.2, 0.25) is 0 Å². The van der Waals surface area contributed by atoms with Gasteiger partial charge in [-0.05, 0) is 49.8 Å². The smallest absolute Gasteiger partial charge is 0.317 e. The van der Waals surface area contributed by atoms with Crippen LogP contribution in [-0.4, -0.2) is 34.2 Å². The molecule has 1 unspecified atom stereocenters. The number of halogens is 1. The predicted octanol–water partition coefficient (Wildman–Crippen LogP) is 3.96. The quantitative estimate of drug-likeness (QED) is 0.862. The van der Waals surface area contributed by atoms with Gasteiger partial charge in [0, 0.05) is 25.4 Å². The van der Waals surface area contributed by atoms with E-state index in [0.717, 1.165) is 43.6 Å². The number of nitrogens with one attached hydrogen (secondary N) is 1. The van der Waals surface area contributed by atoms with E-state index >= 15 is 0 Å². The Hall–Kier alpha value is -2.44. The molecular formula is C20H25FN4O2. The molecule has 1 saturated heterocycles. The maximum absolute atomic E-state index is 13.2. The highest BCUT2D eigenvalue weighted by atomic mass is 19.1. The van der Waals surface area contributed by atoms with Crippen LogP contribution in [-0.2, 0) is 6.42 Å². The minimum atomic E-state index is -0.257. The molecule has 2 aliphatic rings. The first kappa shape index (κ1) is 17.9. The molecule has 7 heteroatoms. The van der Waals surface area contributed by atoms with Crippen molar-refractivity contribution in [3.8, 4) is 0 Å². The molecule has 4 rings (SSSR count). The molecule has 0 spiro atoms. The van der Waals surface area contributed by atoms with Crippen molar-refractivity contribution in [2.45, 2.75) is 56.9 Å². The molecule has 144 valence electrons. The predicted molar refractivity (Wildman–Crippen MR) is 97.7 cm³/mol. The fourth-order valence-corrected chi connectivity index (χ4v) is 3.78. The molecule has 1 N–H and O–H groups in total. The zero-order valence-corrected chi connectivity index (χ0v) is 15.4.